The van der Waals surface area contributed by atoms with Gasteiger partial charge in [-0.25, -0.2) is 0 Å². The molecule has 74 valence electrons. The topological polar surface area (TPSA) is 26.0 Å². The Bertz CT molecular complexity index is 238. The second-order valence-electron chi connectivity index (χ2n) is 5.50. The van der Waals surface area contributed by atoms with Gasteiger partial charge in [0.2, 0.25) is 0 Å². The van der Waals surface area contributed by atoms with E-state index in [0.29, 0.717) is 11.5 Å². The Balaban J connectivity index is 2.10. The summed E-state index contributed by atoms with van der Waals surface area (Å²) in [5.74, 6) is 1.80. The summed E-state index contributed by atoms with van der Waals surface area (Å²) in [6, 6.07) is 0.333. The zero-order valence-electron chi connectivity index (χ0n) is 9.01. The van der Waals surface area contributed by atoms with Crippen molar-refractivity contribution < 1.29 is 0 Å². The minimum Gasteiger partial charge on any atom is -0.328 e. The first-order valence-corrected chi connectivity index (χ1v) is 5.46. The standard InChI is InChI=1S/C12H21N/c1-8(13)6-9-4-5-10-7-11(9)12(10,2)3/h4,8,10-11H,5-7,13H2,1-3H3/t8-,10?,11?/m1/s1. The number of allylic oxidation sites excluding steroid dienone is 1. The molecule has 0 spiro atoms. The van der Waals surface area contributed by atoms with Crippen molar-refractivity contribution in [2.45, 2.75) is 46.1 Å². The van der Waals surface area contributed by atoms with Gasteiger partial charge < -0.3 is 5.73 Å². The van der Waals surface area contributed by atoms with Gasteiger partial charge in [-0.05, 0) is 43.4 Å². The summed E-state index contributed by atoms with van der Waals surface area (Å²) in [5.41, 5.74) is 8.06. The first-order chi connectivity index (χ1) is 6.01. The lowest BCUT2D eigenvalue weighted by atomic mass is 9.48. The third kappa shape index (κ3) is 1.34. The third-order valence-corrected chi connectivity index (χ3v) is 4.14. The zero-order valence-corrected chi connectivity index (χ0v) is 9.01. The molecular weight excluding hydrogens is 158 g/mol. The summed E-state index contributed by atoms with van der Waals surface area (Å²) in [6.45, 7) is 6.94. The molecule has 3 aliphatic carbocycles. The number of rotatable bonds is 2. The average Bonchev–Trinajstić information content (AvgIpc) is 2.03. The second-order valence-corrected chi connectivity index (χ2v) is 5.50. The average molecular weight is 179 g/mol. The Morgan fingerprint density at radius 3 is 2.77 bits per heavy atom. The maximum Gasteiger partial charge on any atom is 0.00477 e. The Labute approximate surface area is 81.4 Å². The molecule has 1 heteroatoms. The highest BCUT2D eigenvalue weighted by atomic mass is 14.6. The first kappa shape index (κ1) is 9.26. The van der Waals surface area contributed by atoms with E-state index in [0.717, 1.165) is 18.3 Å². The summed E-state index contributed by atoms with van der Waals surface area (Å²) >= 11 is 0. The Kier molecular flexibility index (Phi) is 2.03. The van der Waals surface area contributed by atoms with E-state index in [-0.39, 0.29) is 0 Å². The molecular formula is C12H21N. The fourth-order valence-electron chi connectivity index (χ4n) is 3.08. The molecule has 2 N–H and O–H groups in total. The number of hydrogen-bond donors (Lipinski definition) is 1. The molecule has 0 aliphatic heterocycles. The lowest BCUT2D eigenvalue weighted by Gasteiger charge is -2.56. The smallest absolute Gasteiger partial charge is 0.00477 e. The summed E-state index contributed by atoms with van der Waals surface area (Å²) < 4.78 is 0. The third-order valence-electron chi connectivity index (χ3n) is 4.14. The van der Waals surface area contributed by atoms with Gasteiger partial charge in [0.25, 0.3) is 0 Å². The predicted octanol–water partition coefficient (Wildman–Crippen LogP) is 2.72. The molecule has 0 heterocycles. The quantitative estimate of drug-likeness (QED) is 0.648. The second kappa shape index (κ2) is 2.84. The van der Waals surface area contributed by atoms with Crippen LogP contribution in [0.4, 0.5) is 0 Å². The van der Waals surface area contributed by atoms with E-state index in [4.69, 9.17) is 5.73 Å². The molecule has 1 saturated carbocycles. The van der Waals surface area contributed by atoms with Gasteiger partial charge >= 0.3 is 0 Å². The normalized spacial score (nSPS) is 37.7. The van der Waals surface area contributed by atoms with Gasteiger partial charge in [-0.2, -0.15) is 0 Å². The highest BCUT2D eigenvalue weighted by Gasteiger charge is 2.50. The van der Waals surface area contributed by atoms with E-state index in [1.165, 1.54) is 12.8 Å². The van der Waals surface area contributed by atoms with Crippen LogP contribution in [-0.4, -0.2) is 6.04 Å². The molecule has 1 fully saturated rings. The van der Waals surface area contributed by atoms with Crippen LogP contribution in [-0.2, 0) is 0 Å². The van der Waals surface area contributed by atoms with Crippen LogP contribution in [0.15, 0.2) is 11.6 Å². The monoisotopic (exact) mass is 179 g/mol. The van der Waals surface area contributed by atoms with Gasteiger partial charge in [0.1, 0.15) is 0 Å². The number of fused-ring (bicyclic) bond motifs is 1. The lowest BCUT2D eigenvalue weighted by molar-refractivity contribution is -0.00859. The number of hydrogen-bond acceptors (Lipinski definition) is 1. The van der Waals surface area contributed by atoms with Crippen LogP contribution >= 0.6 is 0 Å². The van der Waals surface area contributed by atoms with Gasteiger partial charge in [-0.15, -0.1) is 0 Å². The summed E-state index contributed by atoms with van der Waals surface area (Å²) in [6.07, 6.45) is 6.28. The van der Waals surface area contributed by atoms with Crippen molar-refractivity contribution in [2.24, 2.45) is 23.0 Å². The van der Waals surface area contributed by atoms with Crippen LogP contribution in [0, 0.1) is 17.3 Å². The molecule has 1 nitrogen and oxygen atoms in total. The van der Waals surface area contributed by atoms with E-state index in [9.17, 15) is 0 Å². The van der Waals surface area contributed by atoms with Crippen molar-refractivity contribution in [1.29, 1.82) is 0 Å². The predicted molar refractivity (Wildman–Crippen MR) is 56.3 cm³/mol. The highest BCUT2D eigenvalue weighted by molar-refractivity contribution is 5.23. The molecule has 0 aromatic rings. The molecule has 3 aliphatic rings. The van der Waals surface area contributed by atoms with E-state index < -0.39 is 0 Å². The molecule has 2 bridgehead atoms. The van der Waals surface area contributed by atoms with Crippen LogP contribution in [0.25, 0.3) is 0 Å². The Morgan fingerprint density at radius 2 is 2.31 bits per heavy atom. The van der Waals surface area contributed by atoms with E-state index in [1.54, 1.807) is 5.57 Å². The Hall–Kier alpha value is -0.300. The van der Waals surface area contributed by atoms with Crippen molar-refractivity contribution in [3.63, 3.8) is 0 Å². The molecule has 3 rings (SSSR count). The fourth-order valence-corrected chi connectivity index (χ4v) is 3.08. The highest BCUT2D eigenvalue weighted by Crippen LogP contribution is 2.59. The molecule has 0 saturated heterocycles. The zero-order chi connectivity index (χ0) is 9.64. The van der Waals surface area contributed by atoms with Crippen molar-refractivity contribution in [2.75, 3.05) is 0 Å². The largest absolute Gasteiger partial charge is 0.328 e. The molecule has 0 aromatic carbocycles. The lowest BCUT2D eigenvalue weighted by Crippen LogP contribution is -2.48. The van der Waals surface area contributed by atoms with Gasteiger partial charge in [-0.1, -0.05) is 25.5 Å². The van der Waals surface area contributed by atoms with Crippen LogP contribution in [0.5, 0.6) is 0 Å². The van der Waals surface area contributed by atoms with E-state index >= 15 is 0 Å². The van der Waals surface area contributed by atoms with Gasteiger partial charge in [-0.3, -0.25) is 0 Å². The fraction of sp³-hybridized carbons (Fsp3) is 0.833. The van der Waals surface area contributed by atoms with Crippen molar-refractivity contribution >= 4 is 0 Å². The van der Waals surface area contributed by atoms with Crippen LogP contribution in [0.3, 0.4) is 0 Å². The van der Waals surface area contributed by atoms with Crippen molar-refractivity contribution in [1.82, 2.24) is 0 Å². The maximum atomic E-state index is 5.85. The Morgan fingerprint density at radius 1 is 1.62 bits per heavy atom. The summed E-state index contributed by atoms with van der Waals surface area (Å²) in [5, 5.41) is 0. The summed E-state index contributed by atoms with van der Waals surface area (Å²) in [4.78, 5) is 0. The molecule has 2 unspecified atom stereocenters. The minimum absolute atomic E-state index is 0.333. The molecule has 0 amide bonds. The van der Waals surface area contributed by atoms with Crippen molar-refractivity contribution in [3.05, 3.63) is 11.6 Å². The maximum absolute atomic E-state index is 5.85. The first-order valence-electron chi connectivity index (χ1n) is 5.46. The summed E-state index contributed by atoms with van der Waals surface area (Å²) in [7, 11) is 0. The molecule has 0 radical (unpaired) electrons. The SMILES string of the molecule is C[C@@H](N)CC1=CCC2CC1C2(C)C. The molecule has 13 heavy (non-hydrogen) atoms. The van der Waals surface area contributed by atoms with Gasteiger partial charge in [0.15, 0.2) is 0 Å². The number of nitrogens with two attached hydrogens (primary N) is 1. The van der Waals surface area contributed by atoms with Crippen LogP contribution in [0.2, 0.25) is 0 Å². The van der Waals surface area contributed by atoms with Gasteiger partial charge in [0.05, 0.1) is 0 Å². The van der Waals surface area contributed by atoms with E-state index in [2.05, 4.69) is 26.8 Å². The van der Waals surface area contributed by atoms with Crippen molar-refractivity contribution in [3.8, 4) is 0 Å². The van der Waals surface area contributed by atoms with Crippen LogP contribution in [0.1, 0.15) is 40.0 Å². The molecule has 3 atom stereocenters. The van der Waals surface area contributed by atoms with Gasteiger partial charge in [0, 0.05) is 6.04 Å². The van der Waals surface area contributed by atoms with Crippen LogP contribution < -0.4 is 5.73 Å². The van der Waals surface area contributed by atoms with E-state index in [1.807, 2.05) is 0 Å². The molecule has 0 aromatic heterocycles. The minimum atomic E-state index is 0.333.